The molecule has 0 atom stereocenters. The molecule has 4 rings (SSSR count). The topological polar surface area (TPSA) is 87.3 Å². The number of ether oxygens (including phenoxy) is 2. The third-order valence-corrected chi connectivity index (χ3v) is 5.47. The lowest BCUT2D eigenvalue weighted by atomic mass is 10.1. The normalized spacial score (nSPS) is 17.1. The van der Waals surface area contributed by atoms with Gasteiger partial charge in [0.25, 0.3) is 5.91 Å². The number of thioether (sulfide) groups is 1. The first-order valence-corrected chi connectivity index (χ1v) is 10.5. The van der Waals surface area contributed by atoms with E-state index in [2.05, 4.69) is 10.1 Å². The molecule has 1 amide bonds. The maximum atomic E-state index is 13.0. The Hall–Kier alpha value is -3.60. The fourth-order valence-corrected chi connectivity index (χ4v) is 3.77. The van der Waals surface area contributed by atoms with Gasteiger partial charge in [-0.25, -0.2) is 0 Å². The standard InChI is InChI=1S/C22H17F3N4O3S/c1-13-5-4-7-15(11-13)31-9-10-32-17-8-3-2-6-14(17)12-16-18(26)29-21(27-19(16)30)33-20(28-29)22(23,24)25/h2-8,11-12,26H,9-10H2,1H3/b16-12+,26-18?. The van der Waals surface area contributed by atoms with Gasteiger partial charge in [0.05, 0.1) is 5.57 Å². The quantitative estimate of drug-likeness (QED) is 0.487. The summed E-state index contributed by atoms with van der Waals surface area (Å²) < 4.78 is 50.3. The Morgan fingerprint density at radius 2 is 1.88 bits per heavy atom. The zero-order valence-electron chi connectivity index (χ0n) is 17.2. The number of carbonyl (C=O) groups excluding carboxylic acids is 1. The average Bonchev–Trinajstić information content (AvgIpc) is 3.20. The summed E-state index contributed by atoms with van der Waals surface area (Å²) in [5.74, 6) is -0.182. The summed E-state index contributed by atoms with van der Waals surface area (Å²) in [5.41, 5.74) is 1.34. The van der Waals surface area contributed by atoms with E-state index in [0.29, 0.717) is 22.1 Å². The molecule has 0 aromatic heterocycles. The van der Waals surface area contributed by atoms with E-state index in [1.165, 1.54) is 6.08 Å². The molecular formula is C22H17F3N4O3S. The van der Waals surface area contributed by atoms with Crippen LogP contribution in [-0.4, -0.2) is 46.4 Å². The van der Waals surface area contributed by atoms with Crippen molar-refractivity contribution in [1.29, 1.82) is 5.41 Å². The lowest BCUT2D eigenvalue weighted by Gasteiger charge is -2.20. The van der Waals surface area contributed by atoms with Crippen molar-refractivity contribution < 1.29 is 27.4 Å². The molecule has 7 nitrogen and oxygen atoms in total. The van der Waals surface area contributed by atoms with Crippen LogP contribution in [0.5, 0.6) is 11.5 Å². The number of hydrogen-bond donors (Lipinski definition) is 1. The molecule has 2 aromatic carbocycles. The fraction of sp³-hybridized carbons (Fsp3) is 0.182. The highest BCUT2D eigenvalue weighted by Crippen LogP contribution is 2.35. The summed E-state index contributed by atoms with van der Waals surface area (Å²) >= 11 is 0.207. The Labute approximate surface area is 191 Å². The van der Waals surface area contributed by atoms with Crippen LogP contribution in [0.15, 0.2) is 64.2 Å². The van der Waals surface area contributed by atoms with Crippen molar-refractivity contribution in [2.24, 2.45) is 10.1 Å². The largest absolute Gasteiger partial charge is 0.490 e. The van der Waals surface area contributed by atoms with Crippen LogP contribution in [0, 0.1) is 12.3 Å². The number of rotatable bonds is 6. The van der Waals surface area contributed by atoms with E-state index in [1.807, 2.05) is 31.2 Å². The van der Waals surface area contributed by atoms with Crippen LogP contribution in [0.4, 0.5) is 13.2 Å². The average molecular weight is 474 g/mol. The molecular weight excluding hydrogens is 457 g/mol. The van der Waals surface area contributed by atoms with Crippen molar-refractivity contribution in [2.75, 3.05) is 13.2 Å². The van der Waals surface area contributed by atoms with Gasteiger partial charge in [-0.05, 0) is 48.5 Å². The maximum Gasteiger partial charge on any atom is 0.441 e. The molecule has 0 saturated heterocycles. The molecule has 0 saturated carbocycles. The number of amidine groups is 2. The third-order valence-electron chi connectivity index (χ3n) is 4.52. The monoisotopic (exact) mass is 474 g/mol. The lowest BCUT2D eigenvalue weighted by molar-refractivity contribution is -0.114. The number of carbonyl (C=O) groups is 1. The Bertz CT molecular complexity index is 1210. The van der Waals surface area contributed by atoms with Gasteiger partial charge in [0, 0.05) is 5.56 Å². The predicted molar refractivity (Wildman–Crippen MR) is 120 cm³/mol. The van der Waals surface area contributed by atoms with Crippen LogP contribution < -0.4 is 9.47 Å². The Balaban J connectivity index is 1.49. The molecule has 2 aromatic rings. The number of alkyl halides is 3. The predicted octanol–water partition coefficient (Wildman–Crippen LogP) is 4.63. The fourth-order valence-electron chi connectivity index (χ4n) is 3.01. The Kier molecular flexibility index (Phi) is 6.23. The van der Waals surface area contributed by atoms with Crippen molar-refractivity contribution >= 4 is 39.8 Å². The highest BCUT2D eigenvalue weighted by Gasteiger charge is 2.46. The second-order valence-corrected chi connectivity index (χ2v) is 7.93. The van der Waals surface area contributed by atoms with Gasteiger partial charge in [-0.3, -0.25) is 10.2 Å². The number of aryl methyl sites for hydroxylation is 1. The molecule has 33 heavy (non-hydrogen) atoms. The Morgan fingerprint density at radius 3 is 2.64 bits per heavy atom. The van der Waals surface area contributed by atoms with E-state index in [-0.39, 0.29) is 35.7 Å². The van der Waals surface area contributed by atoms with E-state index < -0.39 is 23.0 Å². The van der Waals surface area contributed by atoms with E-state index >= 15 is 0 Å². The molecule has 0 bridgehead atoms. The van der Waals surface area contributed by atoms with Crippen molar-refractivity contribution in [3.05, 3.63) is 65.2 Å². The molecule has 0 spiro atoms. The van der Waals surface area contributed by atoms with Crippen LogP contribution in [0.25, 0.3) is 6.08 Å². The molecule has 2 aliphatic heterocycles. The van der Waals surface area contributed by atoms with Gasteiger partial charge in [0.2, 0.25) is 10.2 Å². The lowest BCUT2D eigenvalue weighted by Crippen LogP contribution is -2.35. The van der Waals surface area contributed by atoms with Crippen LogP contribution in [-0.2, 0) is 4.79 Å². The number of para-hydroxylation sites is 1. The minimum atomic E-state index is -4.70. The smallest absolute Gasteiger partial charge is 0.441 e. The zero-order valence-corrected chi connectivity index (χ0v) is 18.0. The van der Waals surface area contributed by atoms with Gasteiger partial charge < -0.3 is 9.47 Å². The summed E-state index contributed by atoms with van der Waals surface area (Å²) in [6, 6.07) is 14.4. The summed E-state index contributed by atoms with van der Waals surface area (Å²) in [6.45, 7) is 2.45. The van der Waals surface area contributed by atoms with Crippen molar-refractivity contribution in [1.82, 2.24) is 5.01 Å². The molecule has 0 aliphatic carbocycles. The molecule has 2 aliphatic rings. The van der Waals surface area contributed by atoms with Gasteiger partial charge >= 0.3 is 6.18 Å². The van der Waals surface area contributed by atoms with Gasteiger partial charge in [-0.2, -0.15) is 28.3 Å². The minimum Gasteiger partial charge on any atom is -0.490 e. The zero-order chi connectivity index (χ0) is 23.6. The number of halogens is 3. The second-order valence-electron chi connectivity index (χ2n) is 6.97. The van der Waals surface area contributed by atoms with E-state index in [4.69, 9.17) is 14.9 Å². The molecule has 11 heteroatoms. The van der Waals surface area contributed by atoms with Crippen molar-refractivity contribution in [2.45, 2.75) is 13.1 Å². The Morgan fingerprint density at radius 1 is 1.12 bits per heavy atom. The molecule has 2 heterocycles. The van der Waals surface area contributed by atoms with Crippen LogP contribution >= 0.6 is 11.8 Å². The summed E-state index contributed by atoms with van der Waals surface area (Å²) in [4.78, 5) is 16.1. The molecule has 0 radical (unpaired) electrons. The first kappa shape index (κ1) is 22.6. The second kappa shape index (κ2) is 9.10. The van der Waals surface area contributed by atoms with E-state index in [0.717, 1.165) is 5.56 Å². The number of nitrogens with one attached hydrogen (secondary N) is 1. The molecule has 0 unspecified atom stereocenters. The number of hydrazone groups is 1. The summed E-state index contributed by atoms with van der Waals surface area (Å²) in [6.07, 6.45) is -3.34. The number of aliphatic imine (C=N–C) groups is 1. The molecule has 1 N–H and O–H groups in total. The number of amides is 1. The van der Waals surface area contributed by atoms with Crippen LogP contribution in [0.3, 0.4) is 0 Å². The summed E-state index contributed by atoms with van der Waals surface area (Å²) in [7, 11) is 0. The number of nitrogens with zero attached hydrogens (tertiary/aromatic N) is 3. The van der Waals surface area contributed by atoms with Crippen LogP contribution in [0.2, 0.25) is 0 Å². The number of hydrogen-bond acceptors (Lipinski definition) is 6. The molecule has 170 valence electrons. The highest BCUT2D eigenvalue weighted by molar-refractivity contribution is 8.27. The van der Waals surface area contributed by atoms with E-state index in [9.17, 15) is 18.0 Å². The maximum absolute atomic E-state index is 13.0. The third kappa shape index (κ3) is 5.08. The minimum absolute atomic E-state index is 0.196. The van der Waals surface area contributed by atoms with Gasteiger partial charge in [-0.15, -0.1) is 0 Å². The summed E-state index contributed by atoms with van der Waals surface area (Å²) in [5, 5.41) is 10.8. The number of fused-ring (bicyclic) bond motifs is 1. The number of benzene rings is 2. The van der Waals surface area contributed by atoms with Crippen molar-refractivity contribution in [3.8, 4) is 11.5 Å². The molecule has 0 fully saturated rings. The SMILES string of the molecule is Cc1cccc(OCCOc2ccccc2/C=C2\C(=N)N3N=C(C(F)(F)F)SC3=NC2=O)c1. The first-order chi connectivity index (χ1) is 15.7. The van der Waals surface area contributed by atoms with Crippen LogP contribution in [0.1, 0.15) is 11.1 Å². The highest BCUT2D eigenvalue weighted by atomic mass is 32.2. The van der Waals surface area contributed by atoms with Crippen molar-refractivity contribution in [3.63, 3.8) is 0 Å². The first-order valence-electron chi connectivity index (χ1n) is 9.71. The van der Waals surface area contributed by atoms with Gasteiger partial charge in [0.1, 0.15) is 24.7 Å². The van der Waals surface area contributed by atoms with Gasteiger partial charge in [-0.1, -0.05) is 30.3 Å². The van der Waals surface area contributed by atoms with Gasteiger partial charge in [0.15, 0.2) is 5.84 Å². The van der Waals surface area contributed by atoms with E-state index in [1.54, 1.807) is 24.3 Å².